The van der Waals surface area contributed by atoms with E-state index >= 15 is 0 Å². The minimum Gasteiger partial charge on any atom is -0.872 e. The molecule has 0 spiro atoms. The van der Waals surface area contributed by atoms with Crippen molar-refractivity contribution in [1.29, 1.82) is 0 Å². The Morgan fingerprint density at radius 3 is 2.14 bits per heavy atom. The van der Waals surface area contributed by atoms with Gasteiger partial charge in [0.05, 0.1) is 11.6 Å². The van der Waals surface area contributed by atoms with E-state index in [-0.39, 0.29) is 5.56 Å². The highest BCUT2D eigenvalue weighted by molar-refractivity contribution is 5.97. The average Bonchev–Trinajstić information content (AvgIpc) is 2.47. The molecule has 0 bridgehead atoms. The van der Waals surface area contributed by atoms with Crippen LogP contribution in [0, 0.1) is 0 Å². The second-order valence-electron chi connectivity index (χ2n) is 5.50. The van der Waals surface area contributed by atoms with E-state index < -0.39 is 11.7 Å². The van der Waals surface area contributed by atoms with Gasteiger partial charge in [0.1, 0.15) is 0 Å². The highest BCUT2D eigenvalue weighted by atomic mass is 16.4. The minimum atomic E-state index is -1.18. The second kappa shape index (κ2) is 7.09. The van der Waals surface area contributed by atoms with E-state index in [1.54, 1.807) is 18.2 Å². The molecular weight excluding hydrogens is 266 g/mol. The summed E-state index contributed by atoms with van der Waals surface area (Å²) in [6.07, 6.45) is 7.05. The van der Waals surface area contributed by atoms with Gasteiger partial charge in [-0.15, -0.1) is 0 Å². The van der Waals surface area contributed by atoms with E-state index in [0.717, 1.165) is 16.8 Å². The van der Waals surface area contributed by atoms with Crippen LogP contribution >= 0.6 is 0 Å². The lowest BCUT2D eigenvalue weighted by atomic mass is 9.97. The molecule has 4 nitrogen and oxygen atoms in total. The Hall–Kier alpha value is -2.07. The van der Waals surface area contributed by atoms with Crippen LogP contribution in [0.4, 0.5) is 0 Å². The van der Waals surface area contributed by atoms with Crippen LogP contribution in [0.3, 0.4) is 0 Å². The number of carboxylic acid groups (broad SMARTS) is 1. The van der Waals surface area contributed by atoms with Gasteiger partial charge in [-0.3, -0.25) is 0 Å². The molecule has 0 saturated heterocycles. The van der Waals surface area contributed by atoms with Gasteiger partial charge >= 0.3 is 5.97 Å². The summed E-state index contributed by atoms with van der Waals surface area (Å²) in [5.41, 5.74) is 3.82. The highest BCUT2D eigenvalue weighted by Gasteiger charge is 2.09. The molecule has 0 amide bonds. The quantitative estimate of drug-likeness (QED) is 0.842. The predicted molar refractivity (Wildman–Crippen MR) is 80.1 cm³/mol. The third-order valence-electron chi connectivity index (χ3n) is 3.80. The van der Waals surface area contributed by atoms with Crippen molar-refractivity contribution >= 4 is 16.7 Å². The summed E-state index contributed by atoms with van der Waals surface area (Å²) in [5, 5.41) is 21.6. The van der Waals surface area contributed by atoms with Gasteiger partial charge in [-0.2, -0.15) is 0 Å². The summed E-state index contributed by atoms with van der Waals surface area (Å²) >= 11 is 0. The van der Waals surface area contributed by atoms with Gasteiger partial charge in [0.15, 0.2) is 0 Å². The third kappa shape index (κ3) is 4.20. The van der Waals surface area contributed by atoms with Gasteiger partial charge in [-0.25, -0.2) is 4.79 Å². The van der Waals surface area contributed by atoms with Crippen molar-refractivity contribution in [3.63, 3.8) is 0 Å². The van der Waals surface area contributed by atoms with Crippen molar-refractivity contribution in [1.82, 2.24) is 0 Å². The summed E-state index contributed by atoms with van der Waals surface area (Å²) in [7, 11) is 0. The predicted octanol–water partition coefficient (Wildman–Crippen LogP) is 2.17. The van der Waals surface area contributed by atoms with Crippen molar-refractivity contribution < 1.29 is 20.7 Å². The van der Waals surface area contributed by atoms with Crippen LogP contribution < -0.4 is 10.8 Å². The Labute approximate surface area is 124 Å². The van der Waals surface area contributed by atoms with Crippen LogP contribution in [0.5, 0.6) is 5.75 Å². The maximum absolute atomic E-state index is 11.3. The Kier molecular flexibility index (Phi) is 5.17. The molecule has 0 aromatic heterocycles. The Balaban J connectivity index is 0.000000194. The molecule has 0 unspecified atom stereocenters. The number of carboxylic acids is 1. The fourth-order valence-electron chi connectivity index (χ4n) is 2.57. The zero-order valence-electron chi connectivity index (χ0n) is 12.0. The Bertz CT molecular complexity index is 618. The first-order valence-electron chi connectivity index (χ1n) is 7.34. The van der Waals surface area contributed by atoms with Gasteiger partial charge in [-0.1, -0.05) is 42.5 Å². The minimum absolute atomic E-state index is 0.177. The van der Waals surface area contributed by atoms with Crippen molar-refractivity contribution in [3.8, 4) is 5.75 Å². The molecule has 1 aliphatic rings. The number of benzene rings is 2. The average molecular weight is 287 g/mol. The smallest absolute Gasteiger partial charge is 0.335 e. The van der Waals surface area contributed by atoms with Gasteiger partial charge < -0.3 is 15.9 Å². The van der Waals surface area contributed by atoms with Crippen LogP contribution in [0.1, 0.15) is 42.5 Å². The monoisotopic (exact) mass is 287 g/mol. The molecule has 1 aliphatic carbocycles. The lowest BCUT2D eigenvalue weighted by Crippen LogP contribution is -2.61. The number of rotatable bonds is 1. The molecule has 1 saturated carbocycles. The number of carbonyl (C=O) groups is 1. The van der Waals surface area contributed by atoms with Crippen molar-refractivity contribution in [2.24, 2.45) is 0 Å². The van der Waals surface area contributed by atoms with E-state index in [4.69, 9.17) is 5.11 Å². The lowest BCUT2D eigenvalue weighted by molar-refractivity contribution is -0.425. The first-order valence-corrected chi connectivity index (χ1v) is 7.34. The molecule has 1 fully saturated rings. The molecule has 4 N–H and O–H groups in total. The molecule has 0 atom stereocenters. The Morgan fingerprint density at radius 1 is 1.10 bits per heavy atom. The standard InChI is InChI=1S/C11H8O3.C6H13N/c12-10-6-8-4-2-1-3-7(8)5-9(10)11(13)14;7-6-4-2-1-3-5-6/h1-6,12H,(H,13,14);6H,1-5,7H2. The summed E-state index contributed by atoms with van der Waals surface area (Å²) in [4.78, 5) is 10.7. The number of hydrogen-bond acceptors (Lipinski definition) is 2. The van der Waals surface area contributed by atoms with Gasteiger partial charge in [0.2, 0.25) is 0 Å². The first kappa shape index (κ1) is 15.3. The maximum atomic E-state index is 11.3. The van der Waals surface area contributed by atoms with E-state index in [2.05, 4.69) is 5.73 Å². The highest BCUT2D eigenvalue weighted by Crippen LogP contribution is 2.22. The van der Waals surface area contributed by atoms with Gasteiger partial charge in [0, 0.05) is 0 Å². The third-order valence-corrected chi connectivity index (χ3v) is 3.80. The van der Waals surface area contributed by atoms with Crippen molar-refractivity contribution in [3.05, 3.63) is 42.0 Å². The number of quaternary nitrogens is 1. The molecule has 2 aromatic carbocycles. The molecule has 112 valence electrons. The van der Waals surface area contributed by atoms with Gasteiger partial charge in [-0.05, 0) is 42.5 Å². The second-order valence-corrected chi connectivity index (χ2v) is 5.50. The van der Waals surface area contributed by atoms with E-state index in [1.165, 1.54) is 44.2 Å². The van der Waals surface area contributed by atoms with Crippen LogP contribution in [0.15, 0.2) is 36.4 Å². The molecule has 0 radical (unpaired) electrons. The van der Waals surface area contributed by atoms with Crippen LogP contribution in [-0.2, 0) is 0 Å². The molecular formula is C17H21NO3. The molecule has 0 heterocycles. The normalized spacial score (nSPS) is 15.3. The number of hydrogen-bond donors (Lipinski definition) is 2. The molecule has 0 aliphatic heterocycles. The summed E-state index contributed by atoms with van der Waals surface area (Å²) in [5.74, 6) is -1.63. The molecule has 3 rings (SSSR count). The zero-order valence-corrected chi connectivity index (χ0v) is 12.0. The first-order chi connectivity index (χ1) is 10.1. The van der Waals surface area contributed by atoms with Crippen LogP contribution in [-0.4, -0.2) is 17.1 Å². The summed E-state index contributed by atoms with van der Waals surface area (Å²) in [6, 6.07) is 10.7. The van der Waals surface area contributed by atoms with Crippen molar-refractivity contribution in [2.45, 2.75) is 38.1 Å². The van der Waals surface area contributed by atoms with E-state index in [1.807, 2.05) is 6.07 Å². The molecule has 2 aromatic rings. The fourth-order valence-corrected chi connectivity index (χ4v) is 2.57. The summed E-state index contributed by atoms with van der Waals surface area (Å²) < 4.78 is 0. The number of aromatic carboxylic acids is 1. The van der Waals surface area contributed by atoms with E-state index in [0.29, 0.717) is 0 Å². The SMILES string of the molecule is O=C(O)c1cc2ccccc2cc1[O-].[NH3+]C1CCCCC1. The zero-order chi connectivity index (χ0) is 15.2. The largest absolute Gasteiger partial charge is 0.872 e. The Morgan fingerprint density at radius 2 is 1.67 bits per heavy atom. The van der Waals surface area contributed by atoms with Crippen molar-refractivity contribution in [2.75, 3.05) is 0 Å². The van der Waals surface area contributed by atoms with Crippen LogP contribution in [0.2, 0.25) is 0 Å². The maximum Gasteiger partial charge on any atom is 0.335 e. The number of fused-ring (bicyclic) bond motifs is 1. The lowest BCUT2D eigenvalue weighted by Gasteiger charge is -2.12. The molecule has 4 heteroatoms. The van der Waals surface area contributed by atoms with Gasteiger partial charge in [0.25, 0.3) is 0 Å². The topological polar surface area (TPSA) is 88.0 Å². The fraction of sp³-hybridized carbons (Fsp3) is 0.353. The van der Waals surface area contributed by atoms with E-state index in [9.17, 15) is 9.90 Å². The summed E-state index contributed by atoms with van der Waals surface area (Å²) in [6.45, 7) is 0. The molecule has 21 heavy (non-hydrogen) atoms. The van der Waals surface area contributed by atoms with Crippen LogP contribution in [0.25, 0.3) is 10.8 Å².